The average Bonchev–Trinajstić information content (AvgIpc) is 2.40. The number of hydrogen-bond acceptors (Lipinski definition) is 3. The van der Waals surface area contributed by atoms with Crippen LogP contribution < -0.4 is 5.73 Å². The molecule has 0 aromatic heterocycles. The normalized spacial score (nSPS) is 20.2. The highest BCUT2D eigenvalue weighted by Crippen LogP contribution is 2.19. The summed E-state index contributed by atoms with van der Waals surface area (Å²) in [4.78, 5) is 2.54. The summed E-state index contributed by atoms with van der Waals surface area (Å²) in [6.07, 6.45) is 0. The lowest BCUT2D eigenvalue weighted by molar-refractivity contribution is 0.224. The number of nitrogens with two attached hydrogens (primary N) is 1. The lowest BCUT2D eigenvalue weighted by Gasteiger charge is -2.33. The first-order valence-corrected chi connectivity index (χ1v) is 7.55. The highest BCUT2D eigenvalue weighted by atomic mass is 32.2. The number of hydrogen-bond donors (Lipinski definition) is 1. The second-order valence-electron chi connectivity index (χ2n) is 4.56. The van der Waals surface area contributed by atoms with Crippen LogP contribution in [0.15, 0.2) is 24.3 Å². The number of nitrogens with zero attached hydrogens (tertiary/aromatic N) is 1. The van der Waals surface area contributed by atoms with Gasteiger partial charge in [-0.05, 0) is 18.6 Å². The van der Waals surface area contributed by atoms with Crippen LogP contribution in [0.4, 0.5) is 0 Å². The van der Waals surface area contributed by atoms with E-state index in [9.17, 15) is 0 Å². The third-order valence-corrected chi connectivity index (χ3v) is 4.41. The molecule has 96 valence electrons. The van der Waals surface area contributed by atoms with E-state index in [0.717, 1.165) is 12.1 Å². The van der Waals surface area contributed by atoms with Gasteiger partial charge in [0.05, 0.1) is 6.54 Å². The minimum absolute atomic E-state index is 0.422. The van der Waals surface area contributed by atoms with Crippen molar-refractivity contribution in [2.24, 2.45) is 5.73 Å². The summed E-state index contributed by atoms with van der Waals surface area (Å²) in [6.45, 7) is 4.90. The van der Waals surface area contributed by atoms with Crippen LogP contribution in [0, 0.1) is 11.8 Å². The summed E-state index contributed by atoms with van der Waals surface area (Å²) in [5, 5.41) is 0. The molecule has 0 spiro atoms. The summed E-state index contributed by atoms with van der Waals surface area (Å²) in [7, 11) is 0. The Morgan fingerprint density at radius 1 is 1.44 bits per heavy atom. The molecule has 0 amide bonds. The Hall–Kier alpha value is -0.950. The summed E-state index contributed by atoms with van der Waals surface area (Å²) in [5.41, 5.74) is 7.88. The van der Waals surface area contributed by atoms with Crippen molar-refractivity contribution in [1.82, 2.24) is 4.90 Å². The molecule has 1 aromatic rings. The molecular weight excluding hydrogens is 240 g/mol. The monoisotopic (exact) mass is 260 g/mol. The molecule has 1 aliphatic rings. The van der Waals surface area contributed by atoms with Crippen LogP contribution in [0.25, 0.3) is 0 Å². The maximum Gasteiger partial charge on any atom is 0.0555 e. The Morgan fingerprint density at radius 2 is 2.28 bits per heavy atom. The van der Waals surface area contributed by atoms with Gasteiger partial charge in [-0.2, -0.15) is 11.8 Å². The fraction of sp³-hybridized carbons (Fsp3) is 0.467. The van der Waals surface area contributed by atoms with Gasteiger partial charge in [0.2, 0.25) is 0 Å². The largest absolute Gasteiger partial charge is 0.320 e. The highest BCUT2D eigenvalue weighted by molar-refractivity contribution is 7.99. The predicted molar refractivity (Wildman–Crippen MR) is 79.6 cm³/mol. The first-order chi connectivity index (χ1) is 8.81. The van der Waals surface area contributed by atoms with Gasteiger partial charge in [0.1, 0.15) is 0 Å². The van der Waals surface area contributed by atoms with Crippen LogP contribution >= 0.6 is 11.8 Å². The maximum absolute atomic E-state index is 5.45. The smallest absolute Gasteiger partial charge is 0.0555 e. The van der Waals surface area contributed by atoms with Crippen molar-refractivity contribution in [2.45, 2.75) is 19.5 Å². The van der Waals surface area contributed by atoms with Crippen LogP contribution in [-0.4, -0.2) is 35.5 Å². The van der Waals surface area contributed by atoms with E-state index < -0.39 is 0 Å². The molecule has 1 fully saturated rings. The lowest BCUT2D eigenvalue weighted by Crippen LogP contribution is -2.39. The molecule has 1 aliphatic heterocycles. The standard InChI is InChI=1S/C15H20N2S/c1-13-12-18-10-9-17(13)11-15-6-3-2-5-14(15)7-4-8-16/h2-3,5-6,13H,8-12,16H2,1H3. The molecule has 2 nitrogen and oxygen atoms in total. The molecule has 1 aromatic carbocycles. The van der Waals surface area contributed by atoms with E-state index in [1.165, 1.54) is 23.6 Å². The highest BCUT2D eigenvalue weighted by Gasteiger charge is 2.19. The SMILES string of the molecule is CC1CSCCN1Cc1ccccc1C#CCN. The molecule has 1 unspecified atom stereocenters. The van der Waals surface area contributed by atoms with Crippen molar-refractivity contribution in [3.8, 4) is 11.8 Å². The van der Waals surface area contributed by atoms with E-state index in [1.807, 2.05) is 17.8 Å². The molecule has 1 saturated heterocycles. The van der Waals surface area contributed by atoms with E-state index in [2.05, 4.69) is 41.9 Å². The summed E-state index contributed by atoms with van der Waals surface area (Å²) < 4.78 is 0. The molecule has 3 heteroatoms. The third-order valence-electron chi connectivity index (χ3n) is 3.22. The van der Waals surface area contributed by atoms with Gasteiger partial charge in [0.15, 0.2) is 0 Å². The van der Waals surface area contributed by atoms with Gasteiger partial charge in [-0.15, -0.1) is 0 Å². The van der Waals surface area contributed by atoms with Gasteiger partial charge in [-0.1, -0.05) is 30.0 Å². The van der Waals surface area contributed by atoms with E-state index in [1.54, 1.807) is 0 Å². The van der Waals surface area contributed by atoms with Crippen molar-refractivity contribution in [1.29, 1.82) is 0 Å². The molecule has 18 heavy (non-hydrogen) atoms. The van der Waals surface area contributed by atoms with Gasteiger partial charge in [-0.25, -0.2) is 0 Å². The zero-order chi connectivity index (χ0) is 12.8. The second-order valence-corrected chi connectivity index (χ2v) is 5.71. The molecule has 1 heterocycles. The Kier molecular flexibility index (Phi) is 5.12. The first-order valence-electron chi connectivity index (χ1n) is 6.40. The van der Waals surface area contributed by atoms with Crippen LogP contribution in [0.2, 0.25) is 0 Å². The Balaban J connectivity index is 2.12. The van der Waals surface area contributed by atoms with Crippen LogP contribution in [0.5, 0.6) is 0 Å². The van der Waals surface area contributed by atoms with E-state index in [0.29, 0.717) is 12.6 Å². The Labute approximate surface area is 114 Å². The zero-order valence-electron chi connectivity index (χ0n) is 10.9. The van der Waals surface area contributed by atoms with E-state index in [-0.39, 0.29) is 0 Å². The molecular formula is C15H20N2S. The molecule has 0 saturated carbocycles. The predicted octanol–water partition coefficient (Wildman–Crippen LogP) is 1.93. The van der Waals surface area contributed by atoms with Crippen molar-refractivity contribution < 1.29 is 0 Å². The molecule has 0 radical (unpaired) electrons. The number of benzene rings is 1. The molecule has 0 bridgehead atoms. The van der Waals surface area contributed by atoms with Gasteiger partial charge < -0.3 is 5.73 Å². The van der Waals surface area contributed by atoms with Crippen LogP contribution in [0.1, 0.15) is 18.1 Å². The maximum atomic E-state index is 5.45. The van der Waals surface area contributed by atoms with Gasteiger partial charge >= 0.3 is 0 Å². The van der Waals surface area contributed by atoms with Crippen molar-refractivity contribution in [2.75, 3.05) is 24.6 Å². The minimum atomic E-state index is 0.422. The van der Waals surface area contributed by atoms with Crippen molar-refractivity contribution in [3.63, 3.8) is 0 Å². The van der Waals surface area contributed by atoms with E-state index in [4.69, 9.17) is 5.73 Å². The number of rotatable bonds is 2. The second kappa shape index (κ2) is 6.84. The van der Waals surface area contributed by atoms with E-state index >= 15 is 0 Å². The molecule has 2 rings (SSSR count). The molecule has 1 atom stereocenters. The van der Waals surface area contributed by atoms with Crippen LogP contribution in [-0.2, 0) is 6.54 Å². The van der Waals surface area contributed by atoms with Gasteiger partial charge in [0, 0.05) is 36.2 Å². The van der Waals surface area contributed by atoms with Crippen LogP contribution in [0.3, 0.4) is 0 Å². The quantitative estimate of drug-likeness (QED) is 0.824. The summed E-state index contributed by atoms with van der Waals surface area (Å²) in [5.74, 6) is 8.59. The average molecular weight is 260 g/mol. The third kappa shape index (κ3) is 3.52. The number of thioether (sulfide) groups is 1. The van der Waals surface area contributed by atoms with Crippen molar-refractivity contribution >= 4 is 11.8 Å². The van der Waals surface area contributed by atoms with Gasteiger partial charge in [0.25, 0.3) is 0 Å². The first kappa shape index (κ1) is 13.5. The molecule has 2 N–H and O–H groups in total. The Morgan fingerprint density at radius 3 is 3.06 bits per heavy atom. The summed E-state index contributed by atoms with van der Waals surface area (Å²) >= 11 is 2.05. The summed E-state index contributed by atoms with van der Waals surface area (Å²) in [6, 6.07) is 9.04. The van der Waals surface area contributed by atoms with Crippen molar-refractivity contribution in [3.05, 3.63) is 35.4 Å². The Bertz CT molecular complexity index is 447. The minimum Gasteiger partial charge on any atom is -0.320 e. The zero-order valence-corrected chi connectivity index (χ0v) is 11.7. The van der Waals surface area contributed by atoms with Gasteiger partial charge in [-0.3, -0.25) is 4.90 Å². The fourth-order valence-electron chi connectivity index (χ4n) is 2.14. The fourth-order valence-corrected chi connectivity index (χ4v) is 3.22. The molecule has 0 aliphatic carbocycles. The lowest BCUT2D eigenvalue weighted by atomic mass is 10.1. The topological polar surface area (TPSA) is 29.3 Å².